The lowest BCUT2D eigenvalue weighted by Gasteiger charge is -2.05. The zero-order valence-electron chi connectivity index (χ0n) is 10.2. The van der Waals surface area contributed by atoms with Gasteiger partial charge in [0.05, 0.1) is 13.3 Å². The Balaban J connectivity index is 2.11. The topological polar surface area (TPSA) is 66.7 Å². The van der Waals surface area contributed by atoms with Crippen molar-refractivity contribution in [3.05, 3.63) is 46.6 Å². The van der Waals surface area contributed by atoms with Crippen molar-refractivity contribution in [1.29, 1.82) is 0 Å². The second-order valence-electron chi connectivity index (χ2n) is 3.61. The number of para-hydroxylation sites is 1. The zero-order valence-corrected chi connectivity index (χ0v) is 11.8. The molecule has 0 saturated carbocycles. The summed E-state index contributed by atoms with van der Waals surface area (Å²) in [5.74, 6) is 1.07. The van der Waals surface area contributed by atoms with Crippen molar-refractivity contribution in [1.82, 2.24) is 4.98 Å². The lowest BCUT2D eigenvalue weighted by molar-refractivity contribution is 0.373. The summed E-state index contributed by atoms with van der Waals surface area (Å²) < 4.78 is 5.73. The standard InChI is InChI=1S/C13H12BrN3O2/c1-19-10-5-2-4-9(13(10)18)8-15-17-12-7-3-6-11(14)16-12/h2-8,18H,1H3,(H,16,17)/b15-8+. The van der Waals surface area contributed by atoms with Crippen molar-refractivity contribution in [3.8, 4) is 11.5 Å². The van der Waals surface area contributed by atoms with Crippen LogP contribution in [0.4, 0.5) is 5.82 Å². The van der Waals surface area contributed by atoms with E-state index in [9.17, 15) is 5.11 Å². The van der Waals surface area contributed by atoms with Gasteiger partial charge in [0.25, 0.3) is 0 Å². The van der Waals surface area contributed by atoms with Gasteiger partial charge >= 0.3 is 0 Å². The third-order valence-corrected chi connectivity index (χ3v) is 2.79. The molecule has 0 aliphatic rings. The van der Waals surface area contributed by atoms with E-state index in [4.69, 9.17) is 4.74 Å². The number of pyridine rings is 1. The Labute approximate surface area is 119 Å². The summed E-state index contributed by atoms with van der Waals surface area (Å²) in [6.07, 6.45) is 1.50. The summed E-state index contributed by atoms with van der Waals surface area (Å²) in [5, 5.41) is 13.9. The predicted molar refractivity (Wildman–Crippen MR) is 77.8 cm³/mol. The summed E-state index contributed by atoms with van der Waals surface area (Å²) in [4.78, 5) is 4.17. The summed E-state index contributed by atoms with van der Waals surface area (Å²) in [7, 11) is 1.50. The highest BCUT2D eigenvalue weighted by Gasteiger charge is 2.04. The van der Waals surface area contributed by atoms with Crippen LogP contribution in [-0.2, 0) is 0 Å². The highest BCUT2D eigenvalue weighted by atomic mass is 79.9. The van der Waals surface area contributed by atoms with E-state index in [0.717, 1.165) is 4.60 Å². The molecule has 1 heterocycles. The summed E-state index contributed by atoms with van der Waals surface area (Å²) >= 11 is 3.27. The number of aromatic hydroxyl groups is 1. The molecule has 0 bridgehead atoms. The minimum Gasteiger partial charge on any atom is -0.504 e. The van der Waals surface area contributed by atoms with Crippen LogP contribution in [0.5, 0.6) is 11.5 Å². The first-order valence-electron chi connectivity index (χ1n) is 5.48. The average Bonchev–Trinajstić information content (AvgIpc) is 2.41. The third-order valence-electron chi connectivity index (χ3n) is 2.35. The quantitative estimate of drug-likeness (QED) is 0.516. The van der Waals surface area contributed by atoms with E-state index in [0.29, 0.717) is 17.1 Å². The van der Waals surface area contributed by atoms with Gasteiger partial charge in [0.15, 0.2) is 11.5 Å². The molecule has 2 N–H and O–H groups in total. The van der Waals surface area contributed by atoms with E-state index in [2.05, 4.69) is 31.4 Å². The molecule has 2 aromatic rings. The fourth-order valence-corrected chi connectivity index (χ4v) is 1.79. The van der Waals surface area contributed by atoms with Gasteiger partial charge in [0.1, 0.15) is 10.4 Å². The molecule has 0 fully saturated rings. The van der Waals surface area contributed by atoms with Crippen LogP contribution < -0.4 is 10.2 Å². The number of methoxy groups -OCH3 is 1. The highest BCUT2D eigenvalue weighted by Crippen LogP contribution is 2.27. The number of rotatable bonds is 4. The van der Waals surface area contributed by atoms with Crippen LogP contribution in [0, 0.1) is 0 Å². The number of hydrogen-bond acceptors (Lipinski definition) is 5. The lowest BCUT2D eigenvalue weighted by atomic mass is 10.2. The van der Waals surface area contributed by atoms with Crippen LogP contribution in [-0.4, -0.2) is 23.4 Å². The van der Waals surface area contributed by atoms with Crippen LogP contribution in [0.2, 0.25) is 0 Å². The number of phenolic OH excluding ortho intramolecular Hbond substituents is 1. The molecule has 0 amide bonds. The third kappa shape index (κ3) is 3.45. The van der Waals surface area contributed by atoms with E-state index in [1.54, 1.807) is 24.3 Å². The van der Waals surface area contributed by atoms with E-state index in [1.807, 2.05) is 12.1 Å². The van der Waals surface area contributed by atoms with Crippen molar-refractivity contribution < 1.29 is 9.84 Å². The van der Waals surface area contributed by atoms with Crippen LogP contribution in [0.15, 0.2) is 46.1 Å². The van der Waals surface area contributed by atoms with Gasteiger partial charge in [-0.05, 0) is 40.2 Å². The second-order valence-corrected chi connectivity index (χ2v) is 4.43. The largest absolute Gasteiger partial charge is 0.504 e. The number of nitrogens with zero attached hydrogens (tertiary/aromatic N) is 2. The SMILES string of the molecule is COc1cccc(/C=N/Nc2cccc(Br)n2)c1O. The van der Waals surface area contributed by atoms with Gasteiger partial charge in [0.2, 0.25) is 0 Å². The molecule has 19 heavy (non-hydrogen) atoms. The number of nitrogens with one attached hydrogen (secondary N) is 1. The number of phenols is 1. The number of ether oxygens (including phenoxy) is 1. The molecule has 0 radical (unpaired) electrons. The number of benzene rings is 1. The van der Waals surface area contributed by atoms with Crippen molar-refractivity contribution >= 4 is 28.0 Å². The Morgan fingerprint density at radius 1 is 1.32 bits per heavy atom. The molecule has 5 nitrogen and oxygen atoms in total. The lowest BCUT2D eigenvalue weighted by Crippen LogP contribution is -1.94. The summed E-state index contributed by atoms with van der Waals surface area (Å²) in [5.41, 5.74) is 3.33. The maximum absolute atomic E-state index is 9.86. The van der Waals surface area contributed by atoms with Crippen molar-refractivity contribution in [2.24, 2.45) is 5.10 Å². The molecule has 0 saturated heterocycles. The maximum Gasteiger partial charge on any atom is 0.166 e. The van der Waals surface area contributed by atoms with Gasteiger partial charge < -0.3 is 9.84 Å². The summed E-state index contributed by atoms with van der Waals surface area (Å²) in [6.45, 7) is 0. The second kappa shape index (κ2) is 6.19. The molecule has 0 aliphatic heterocycles. The first kappa shape index (κ1) is 13.4. The van der Waals surface area contributed by atoms with Crippen molar-refractivity contribution in [2.45, 2.75) is 0 Å². The van der Waals surface area contributed by atoms with Crippen LogP contribution in [0.25, 0.3) is 0 Å². The Hall–Kier alpha value is -2.08. The monoisotopic (exact) mass is 321 g/mol. The zero-order chi connectivity index (χ0) is 13.7. The van der Waals surface area contributed by atoms with E-state index in [1.165, 1.54) is 13.3 Å². The predicted octanol–water partition coefficient (Wildman–Crippen LogP) is 3.00. The molecule has 0 atom stereocenters. The van der Waals surface area contributed by atoms with E-state index in [-0.39, 0.29) is 5.75 Å². The normalized spacial score (nSPS) is 10.6. The highest BCUT2D eigenvalue weighted by molar-refractivity contribution is 9.10. The van der Waals surface area contributed by atoms with Gasteiger partial charge in [-0.25, -0.2) is 4.98 Å². The Morgan fingerprint density at radius 3 is 2.84 bits per heavy atom. The molecule has 0 spiro atoms. The molecule has 2 rings (SSSR count). The van der Waals surface area contributed by atoms with Gasteiger partial charge in [0, 0.05) is 5.56 Å². The first-order valence-corrected chi connectivity index (χ1v) is 6.27. The first-order chi connectivity index (χ1) is 9.20. The van der Waals surface area contributed by atoms with Gasteiger partial charge in [-0.2, -0.15) is 5.10 Å². The molecule has 6 heteroatoms. The van der Waals surface area contributed by atoms with Gasteiger partial charge in [-0.15, -0.1) is 0 Å². The molecule has 1 aromatic heterocycles. The number of halogens is 1. The molecular weight excluding hydrogens is 310 g/mol. The summed E-state index contributed by atoms with van der Waals surface area (Å²) in [6, 6.07) is 10.6. The minimum atomic E-state index is 0.0535. The van der Waals surface area contributed by atoms with Gasteiger partial charge in [-0.1, -0.05) is 12.1 Å². The number of aromatic nitrogens is 1. The van der Waals surface area contributed by atoms with Crippen molar-refractivity contribution in [3.63, 3.8) is 0 Å². The Bertz CT molecular complexity index is 602. The van der Waals surface area contributed by atoms with Crippen LogP contribution in [0.3, 0.4) is 0 Å². The molecule has 0 aliphatic carbocycles. The number of hydrazone groups is 1. The van der Waals surface area contributed by atoms with Crippen LogP contribution >= 0.6 is 15.9 Å². The maximum atomic E-state index is 9.86. The minimum absolute atomic E-state index is 0.0535. The fourth-order valence-electron chi connectivity index (χ4n) is 1.45. The van der Waals surface area contributed by atoms with Gasteiger partial charge in [-0.3, -0.25) is 5.43 Å². The molecular formula is C13H12BrN3O2. The molecule has 1 aromatic carbocycles. The van der Waals surface area contributed by atoms with Crippen LogP contribution in [0.1, 0.15) is 5.56 Å². The smallest absolute Gasteiger partial charge is 0.166 e. The van der Waals surface area contributed by atoms with E-state index < -0.39 is 0 Å². The Kier molecular flexibility index (Phi) is 4.35. The van der Waals surface area contributed by atoms with Crippen molar-refractivity contribution in [2.75, 3.05) is 12.5 Å². The molecule has 98 valence electrons. The average molecular weight is 322 g/mol. The Morgan fingerprint density at radius 2 is 2.11 bits per heavy atom. The molecule has 0 unspecified atom stereocenters. The van der Waals surface area contributed by atoms with E-state index >= 15 is 0 Å². The number of hydrogen-bond donors (Lipinski definition) is 2. The number of anilines is 1. The fraction of sp³-hybridized carbons (Fsp3) is 0.0769.